The minimum absolute atomic E-state index is 0.301. The Morgan fingerprint density at radius 3 is 2.83 bits per heavy atom. The molecule has 1 saturated heterocycles. The van der Waals surface area contributed by atoms with Crippen LogP contribution in [0.3, 0.4) is 0 Å². The van der Waals surface area contributed by atoms with E-state index in [4.69, 9.17) is 15.6 Å². The molecule has 1 aliphatic heterocycles. The first-order valence-corrected chi connectivity index (χ1v) is 7.24. The summed E-state index contributed by atoms with van der Waals surface area (Å²) in [6.45, 7) is 4.88. The number of hydrazine groups is 1. The lowest BCUT2D eigenvalue weighted by Crippen LogP contribution is -2.47. The van der Waals surface area contributed by atoms with Crippen molar-refractivity contribution >= 4 is 5.96 Å². The summed E-state index contributed by atoms with van der Waals surface area (Å²) in [5.41, 5.74) is 2.79. The third-order valence-corrected chi connectivity index (χ3v) is 3.86. The van der Waals surface area contributed by atoms with Crippen molar-refractivity contribution < 1.29 is 4.74 Å². The molecule has 104 valence electrons. The predicted octanol–water partition coefficient (Wildman–Crippen LogP) is 1.25. The van der Waals surface area contributed by atoms with Crippen molar-refractivity contribution in [2.24, 2.45) is 10.8 Å². The largest absolute Gasteiger partial charge is 0.376 e. The number of rotatable bonds is 2. The standard InChI is InChI=1S/C13H26N4O/c1-2-12-10-17(8-5-9-18-12)13(16-14)15-11-6-3-4-7-11/h11-12H,2-10,14H2,1H3,(H,15,16). The summed E-state index contributed by atoms with van der Waals surface area (Å²) in [6, 6.07) is 0.459. The van der Waals surface area contributed by atoms with Gasteiger partial charge in [-0.05, 0) is 25.7 Å². The number of aliphatic imine (C=N–C) groups is 1. The average Bonchev–Trinajstić information content (AvgIpc) is 2.79. The van der Waals surface area contributed by atoms with Gasteiger partial charge in [-0.25, -0.2) is 10.8 Å². The van der Waals surface area contributed by atoms with E-state index in [2.05, 4.69) is 17.2 Å². The lowest BCUT2D eigenvalue weighted by Gasteiger charge is -2.26. The number of guanidine groups is 1. The fourth-order valence-electron chi connectivity index (χ4n) is 2.75. The first-order valence-electron chi connectivity index (χ1n) is 7.24. The zero-order valence-corrected chi connectivity index (χ0v) is 11.4. The highest BCUT2D eigenvalue weighted by Gasteiger charge is 2.21. The molecule has 18 heavy (non-hydrogen) atoms. The van der Waals surface area contributed by atoms with E-state index in [-0.39, 0.29) is 0 Å². The maximum Gasteiger partial charge on any atom is 0.208 e. The molecule has 0 spiro atoms. The van der Waals surface area contributed by atoms with Crippen molar-refractivity contribution in [3.05, 3.63) is 0 Å². The fraction of sp³-hybridized carbons (Fsp3) is 0.923. The Kier molecular flexibility index (Phi) is 5.26. The predicted molar refractivity (Wildman–Crippen MR) is 73.2 cm³/mol. The van der Waals surface area contributed by atoms with E-state index in [1.165, 1.54) is 25.7 Å². The van der Waals surface area contributed by atoms with Crippen molar-refractivity contribution in [3.8, 4) is 0 Å². The second-order valence-corrected chi connectivity index (χ2v) is 5.24. The highest BCUT2D eigenvalue weighted by atomic mass is 16.5. The first-order chi connectivity index (χ1) is 8.83. The van der Waals surface area contributed by atoms with Crippen LogP contribution >= 0.6 is 0 Å². The molecule has 0 radical (unpaired) electrons. The minimum Gasteiger partial charge on any atom is -0.376 e. The minimum atomic E-state index is 0.301. The summed E-state index contributed by atoms with van der Waals surface area (Å²) in [5.74, 6) is 6.51. The molecular weight excluding hydrogens is 228 g/mol. The van der Waals surface area contributed by atoms with Gasteiger partial charge in [-0.3, -0.25) is 5.43 Å². The van der Waals surface area contributed by atoms with E-state index in [0.717, 1.165) is 38.5 Å². The fourth-order valence-corrected chi connectivity index (χ4v) is 2.75. The Bertz CT molecular complexity index is 276. The van der Waals surface area contributed by atoms with Gasteiger partial charge in [0.2, 0.25) is 5.96 Å². The van der Waals surface area contributed by atoms with E-state index >= 15 is 0 Å². The number of nitrogens with two attached hydrogens (primary N) is 1. The molecule has 1 unspecified atom stereocenters. The summed E-state index contributed by atoms with van der Waals surface area (Å²) in [6.07, 6.45) is 7.38. The second-order valence-electron chi connectivity index (χ2n) is 5.24. The van der Waals surface area contributed by atoms with Crippen LogP contribution in [0.15, 0.2) is 4.99 Å². The van der Waals surface area contributed by atoms with Gasteiger partial charge < -0.3 is 9.64 Å². The Balaban J connectivity index is 2.00. The Morgan fingerprint density at radius 2 is 2.17 bits per heavy atom. The monoisotopic (exact) mass is 254 g/mol. The van der Waals surface area contributed by atoms with Gasteiger partial charge in [0.1, 0.15) is 0 Å². The van der Waals surface area contributed by atoms with Crippen LogP contribution in [0.1, 0.15) is 45.4 Å². The zero-order chi connectivity index (χ0) is 12.8. The van der Waals surface area contributed by atoms with Gasteiger partial charge in [-0.1, -0.05) is 19.8 Å². The van der Waals surface area contributed by atoms with E-state index in [1.807, 2.05) is 0 Å². The number of ether oxygens (including phenoxy) is 1. The number of nitrogens with zero attached hydrogens (tertiary/aromatic N) is 2. The summed E-state index contributed by atoms with van der Waals surface area (Å²) < 4.78 is 5.78. The van der Waals surface area contributed by atoms with Gasteiger partial charge in [0.05, 0.1) is 12.1 Å². The van der Waals surface area contributed by atoms with Gasteiger partial charge in [0, 0.05) is 19.7 Å². The van der Waals surface area contributed by atoms with E-state index in [0.29, 0.717) is 12.1 Å². The maximum atomic E-state index is 5.78. The van der Waals surface area contributed by atoms with Crippen LogP contribution in [-0.4, -0.2) is 42.7 Å². The molecule has 2 aliphatic rings. The zero-order valence-electron chi connectivity index (χ0n) is 11.4. The summed E-state index contributed by atoms with van der Waals surface area (Å²) in [5, 5.41) is 0. The van der Waals surface area contributed by atoms with Crippen LogP contribution in [0.25, 0.3) is 0 Å². The molecular formula is C13H26N4O. The molecule has 3 N–H and O–H groups in total. The van der Waals surface area contributed by atoms with Crippen molar-refractivity contribution in [1.82, 2.24) is 10.3 Å². The Morgan fingerprint density at radius 1 is 1.39 bits per heavy atom. The Labute approximate surface area is 110 Å². The van der Waals surface area contributed by atoms with Crippen LogP contribution < -0.4 is 11.3 Å². The van der Waals surface area contributed by atoms with Gasteiger partial charge in [-0.2, -0.15) is 0 Å². The number of nitrogens with one attached hydrogen (secondary N) is 1. The van der Waals surface area contributed by atoms with E-state index < -0.39 is 0 Å². The molecule has 2 rings (SSSR count). The molecule has 0 aromatic carbocycles. The molecule has 0 aromatic rings. The topological polar surface area (TPSA) is 62.9 Å². The molecule has 0 amide bonds. The quantitative estimate of drug-likeness (QED) is 0.337. The maximum absolute atomic E-state index is 5.78. The molecule has 1 heterocycles. The third kappa shape index (κ3) is 3.59. The highest BCUT2D eigenvalue weighted by molar-refractivity contribution is 5.79. The van der Waals surface area contributed by atoms with Crippen molar-refractivity contribution in [1.29, 1.82) is 0 Å². The van der Waals surface area contributed by atoms with E-state index in [1.54, 1.807) is 0 Å². The average molecular weight is 254 g/mol. The van der Waals surface area contributed by atoms with Gasteiger partial charge in [0.25, 0.3) is 0 Å². The Hall–Kier alpha value is -0.810. The second kappa shape index (κ2) is 6.95. The molecule has 0 bridgehead atoms. The van der Waals surface area contributed by atoms with Gasteiger partial charge >= 0.3 is 0 Å². The van der Waals surface area contributed by atoms with Gasteiger partial charge in [0.15, 0.2) is 0 Å². The lowest BCUT2D eigenvalue weighted by atomic mass is 10.2. The van der Waals surface area contributed by atoms with Crippen LogP contribution in [0.2, 0.25) is 0 Å². The molecule has 5 heteroatoms. The third-order valence-electron chi connectivity index (χ3n) is 3.86. The van der Waals surface area contributed by atoms with Crippen molar-refractivity contribution in [3.63, 3.8) is 0 Å². The molecule has 5 nitrogen and oxygen atoms in total. The molecule has 0 aromatic heterocycles. The first kappa shape index (κ1) is 13.6. The van der Waals surface area contributed by atoms with E-state index in [9.17, 15) is 0 Å². The molecule has 1 atom stereocenters. The van der Waals surface area contributed by atoms with Crippen LogP contribution in [0, 0.1) is 0 Å². The summed E-state index contributed by atoms with van der Waals surface area (Å²) in [7, 11) is 0. The molecule has 1 aliphatic carbocycles. The summed E-state index contributed by atoms with van der Waals surface area (Å²) in [4.78, 5) is 7.03. The molecule has 2 fully saturated rings. The van der Waals surface area contributed by atoms with Crippen molar-refractivity contribution in [2.45, 2.75) is 57.6 Å². The highest BCUT2D eigenvalue weighted by Crippen LogP contribution is 2.21. The van der Waals surface area contributed by atoms with Crippen LogP contribution in [-0.2, 0) is 4.74 Å². The lowest BCUT2D eigenvalue weighted by molar-refractivity contribution is 0.0581. The van der Waals surface area contributed by atoms with Gasteiger partial charge in [-0.15, -0.1) is 0 Å². The summed E-state index contributed by atoms with van der Waals surface area (Å²) >= 11 is 0. The van der Waals surface area contributed by atoms with Crippen LogP contribution in [0.4, 0.5) is 0 Å². The number of hydrogen-bond donors (Lipinski definition) is 2. The normalized spacial score (nSPS) is 27.3. The smallest absolute Gasteiger partial charge is 0.208 e. The number of hydrogen-bond acceptors (Lipinski definition) is 3. The van der Waals surface area contributed by atoms with Crippen LogP contribution in [0.5, 0.6) is 0 Å². The SMILES string of the molecule is CCC1CN(C(=NC2CCCC2)NN)CCCO1. The van der Waals surface area contributed by atoms with Crippen molar-refractivity contribution in [2.75, 3.05) is 19.7 Å². The molecule has 1 saturated carbocycles.